The second kappa shape index (κ2) is 8.06. The second-order valence-electron chi connectivity index (χ2n) is 6.21. The molecular weight excluding hydrogens is 368 g/mol. The van der Waals surface area contributed by atoms with Gasteiger partial charge in [-0.15, -0.1) is 0 Å². The molecule has 0 bridgehead atoms. The molecule has 3 rings (SSSR count). The summed E-state index contributed by atoms with van der Waals surface area (Å²) >= 11 is 7.40. The predicted molar refractivity (Wildman–Crippen MR) is 107 cm³/mol. The first kappa shape index (κ1) is 18.7. The van der Waals surface area contributed by atoms with Gasteiger partial charge in [0.2, 0.25) is 0 Å². The number of nitrogens with zero attached hydrogens (tertiary/aromatic N) is 2. The van der Waals surface area contributed by atoms with E-state index in [0.29, 0.717) is 10.8 Å². The highest BCUT2D eigenvalue weighted by atomic mass is 35.5. The molecule has 0 saturated heterocycles. The maximum absolute atomic E-state index is 12.3. The number of rotatable bonds is 5. The van der Waals surface area contributed by atoms with Crippen molar-refractivity contribution in [3.63, 3.8) is 0 Å². The monoisotopic (exact) mass is 388 g/mol. The lowest BCUT2D eigenvalue weighted by Gasteiger charge is -2.05. The fourth-order valence-electron chi connectivity index (χ4n) is 2.85. The van der Waals surface area contributed by atoms with Crippen LogP contribution in [0.4, 0.5) is 0 Å². The van der Waals surface area contributed by atoms with Gasteiger partial charge < -0.3 is 9.30 Å². The highest BCUT2D eigenvalue weighted by Gasteiger charge is 2.10. The number of aryl methyl sites for hydroxylation is 3. The molecule has 0 aliphatic rings. The fourth-order valence-corrected chi connectivity index (χ4v) is 4.10. The Kier molecular flexibility index (Phi) is 5.79. The summed E-state index contributed by atoms with van der Waals surface area (Å²) in [6.45, 7) is 7.03. The van der Waals surface area contributed by atoms with Gasteiger partial charge in [-0.05, 0) is 61.7 Å². The zero-order valence-corrected chi connectivity index (χ0v) is 16.7. The number of hydrogen-bond acceptors (Lipinski definition) is 3. The predicted octanol–water partition coefficient (Wildman–Crippen LogP) is 4.89. The van der Waals surface area contributed by atoms with Gasteiger partial charge in [-0.3, -0.25) is 4.79 Å². The number of thiazole rings is 1. The molecule has 0 saturated carbocycles. The van der Waals surface area contributed by atoms with Gasteiger partial charge in [0.15, 0.2) is 11.4 Å². The Balaban J connectivity index is 1.90. The summed E-state index contributed by atoms with van der Waals surface area (Å²) in [6.07, 6.45) is 0.974. The average Bonchev–Trinajstić information content (AvgIpc) is 2.93. The third kappa shape index (κ3) is 4.17. The summed E-state index contributed by atoms with van der Waals surface area (Å²) in [5.41, 5.74) is 3.56. The largest absolute Gasteiger partial charge is 0.484 e. The first-order valence-electron chi connectivity index (χ1n) is 8.54. The summed E-state index contributed by atoms with van der Waals surface area (Å²) in [5, 5.41) is 0.630. The normalized spacial score (nSPS) is 11.9. The number of ether oxygens (including phenoxy) is 1. The number of carbonyl (C=O) groups excluding carboxylic acids is 1. The number of benzene rings is 2. The summed E-state index contributed by atoms with van der Waals surface area (Å²) in [5.74, 6) is 0.299. The third-order valence-corrected chi connectivity index (χ3v) is 5.44. The lowest BCUT2D eigenvalue weighted by molar-refractivity contribution is -0.120. The molecule has 0 fully saturated rings. The number of halogens is 1. The van der Waals surface area contributed by atoms with E-state index in [-0.39, 0.29) is 12.5 Å². The molecule has 0 spiro atoms. The zero-order valence-electron chi connectivity index (χ0n) is 15.1. The van der Waals surface area contributed by atoms with E-state index in [1.807, 2.05) is 0 Å². The molecule has 0 N–H and O–H groups in total. The molecule has 2 aromatic carbocycles. The maximum atomic E-state index is 12.3. The standard InChI is InChI=1S/C20H21ClN2O2S/c1-4-9-23-17-11-13(2)10-14(3)19(17)26-20(23)22-18(24)12-25-16-7-5-15(21)6-8-16/h5-8,10-11H,4,9,12H2,1-3H3. The number of carbonyl (C=O) groups is 1. The second-order valence-corrected chi connectivity index (χ2v) is 7.63. The summed E-state index contributed by atoms with van der Waals surface area (Å²) < 4.78 is 8.81. The topological polar surface area (TPSA) is 43.6 Å². The molecule has 136 valence electrons. The summed E-state index contributed by atoms with van der Waals surface area (Å²) in [6, 6.07) is 11.2. The van der Waals surface area contributed by atoms with Crippen LogP contribution in [-0.4, -0.2) is 17.1 Å². The minimum atomic E-state index is -0.300. The Hall–Kier alpha value is -2.11. The van der Waals surface area contributed by atoms with Crippen LogP contribution in [0.15, 0.2) is 41.4 Å². The number of amides is 1. The molecule has 0 aliphatic carbocycles. The third-order valence-electron chi connectivity index (χ3n) is 3.96. The van der Waals surface area contributed by atoms with Crippen LogP contribution in [0.5, 0.6) is 5.75 Å². The van der Waals surface area contributed by atoms with Gasteiger partial charge in [0.05, 0.1) is 10.2 Å². The minimum absolute atomic E-state index is 0.0972. The van der Waals surface area contributed by atoms with E-state index in [1.165, 1.54) is 15.8 Å². The van der Waals surface area contributed by atoms with E-state index in [9.17, 15) is 4.79 Å². The highest BCUT2D eigenvalue weighted by Crippen LogP contribution is 2.23. The van der Waals surface area contributed by atoms with E-state index in [2.05, 4.69) is 42.5 Å². The van der Waals surface area contributed by atoms with Crippen LogP contribution in [0.2, 0.25) is 5.02 Å². The van der Waals surface area contributed by atoms with Gasteiger partial charge in [-0.1, -0.05) is 35.9 Å². The van der Waals surface area contributed by atoms with Crippen LogP contribution in [0.3, 0.4) is 0 Å². The molecular formula is C20H21ClN2O2S. The fraction of sp³-hybridized carbons (Fsp3) is 0.300. The van der Waals surface area contributed by atoms with Crippen molar-refractivity contribution < 1.29 is 9.53 Å². The zero-order chi connectivity index (χ0) is 18.7. The lowest BCUT2D eigenvalue weighted by atomic mass is 10.1. The number of aromatic nitrogens is 1. The SMILES string of the molecule is CCCn1c(=NC(=O)COc2ccc(Cl)cc2)sc2c(C)cc(C)cc21. The van der Waals surface area contributed by atoms with Gasteiger partial charge in [0.1, 0.15) is 5.75 Å². The molecule has 1 heterocycles. The first-order valence-corrected chi connectivity index (χ1v) is 9.74. The van der Waals surface area contributed by atoms with E-state index >= 15 is 0 Å². The van der Waals surface area contributed by atoms with Crippen molar-refractivity contribution in [2.24, 2.45) is 4.99 Å². The van der Waals surface area contributed by atoms with Crippen LogP contribution in [-0.2, 0) is 11.3 Å². The van der Waals surface area contributed by atoms with Crippen molar-refractivity contribution in [2.45, 2.75) is 33.7 Å². The van der Waals surface area contributed by atoms with Gasteiger partial charge in [0, 0.05) is 11.6 Å². The minimum Gasteiger partial charge on any atom is -0.484 e. The van der Waals surface area contributed by atoms with E-state index in [1.54, 1.807) is 35.6 Å². The van der Waals surface area contributed by atoms with Crippen molar-refractivity contribution in [3.05, 3.63) is 57.3 Å². The van der Waals surface area contributed by atoms with Crippen LogP contribution in [0.1, 0.15) is 24.5 Å². The van der Waals surface area contributed by atoms with Crippen molar-refractivity contribution in [3.8, 4) is 5.75 Å². The number of fused-ring (bicyclic) bond motifs is 1. The summed E-state index contributed by atoms with van der Waals surface area (Å²) in [4.78, 5) is 17.3. The molecule has 3 aromatic rings. The molecule has 0 atom stereocenters. The highest BCUT2D eigenvalue weighted by molar-refractivity contribution is 7.16. The Morgan fingerprint density at radius 2 is 1.96 bits per heavy atom. The van der Waals surface area contributed by atoms with Crippen LogP contribution in [0, 0.1) is 13.8 Å². The Morgan fingerprint density at radius 1 is 1.23 bits per heavy atom. The van der Waals surface area contributed by atoms with Gasteiger partial charge in [-0.25, -0.2) is 0 Å². The molecule has 1 aromatic heterocycles. The Labute approximate surface area is 161 Å². The molecule has 0 unspecified atom stereocenters. The van der Waals surface area contributed by atoms with Crippen molar-refractivity contribution in [1.29, 1.82) is 0 Å². The van der Waals surface area contributed by atoms with E-state index < -0.39 is 0 Å². The smallest absolute Gasteiger partial charge is 0.286 e. The quantitative estimate of drug-likeness (QED) is 0.624. The van der Waals surface area contributed by atoms with Crippen molar-refractivity contribution >= 4 is 39.1 Å². The summed E-state index contributed by atoms with van der Waals surface area (Å²) in [7, 11) is 0. The number of hydrogen-bond donors (Lipinski definition) is 0. The van der Waals surface area contributed by atoms with Crippen LogP contribution >= 0.6 is 22.9 Å². The van der Waals surface area contributed by atoms with E-state index in [4.69, 9.17) is 16.3 Å². The molecule has 0 radical (unpaired) electrons. The average molecular weight is 389 g/mol. The van der Waals surface area contributed by atoms with Crippen molar-refractivity contribution in [1.82, 2.24) is 4.57 Å². The Bertz CT molecular complexity index is 1000. The van der Waals surface area contributed by atoms with Crippen LogP contribution < -0.4 is 9.54 Å². The first-order chi connectivity index (χ1) is 12.5. The molecule has 6 heteroatoms. The van der Waals surface area contributed by atoms with Gasteiger partial charge >= 0.3 is 0 Å². The van der Waals surface area contributed by atoms with Gasteiger partial charge in [0.25, 0.3) is 5.91 Å². The molecule has 1 amide bonds. The van der Waals surface area contributed by atoms with Crippen LogP contribution in [0.25, 0.3) is 10.2 Å². The molecule has 0 aliphatic heterocycles. The Morgan fingerprint density at radius 3 is 2.65 bits per heavy atom. The van der Waals surface area contributed by atoms with Crippen molar-refractivity contribution in [2.75, 3.05) is 6.61 Å². The maximum Gasteiger partial charge on any atom is 0.286 e. The lowest BCUT2D eigenvalue weighted by Crippen LogP contribution is -2.19. The van der Waals surface area contributed by atoms with E-state index in [0.717, 1.165) is 23.3 Å². The molecule has 4 nitrogen and oxygen atoms in total. The van der Waals surface area contributed by atoms with Gasteiger partial charge in [-0.2, -0.15) is 4.99 Å². The molecule has 26 heavy (non-hydrogen) atoms.